The highest BCUT2D eigenvalue weighted by molar-refractivity contribution is 6.34. The summed E-state index contributed by atoms with van der Waals surface area (Å²) >= 11 is 6.23. The van der Waals surface area contributed by atoms with Gasteiger partial charge in [0, 0.05) is 13.6 Å². The third kappa shape index (κ3) is 4.35. The van der Waals surface area contributed by atoms with Gasteiger partial charge in [-0.3, -0.25) is 9.48 Å². The number of aromatic nitrogens is 2. The van der Waals surface area contributed by atoms with Gasteiger partial charge in [-0.25, -0.2) is 0 Å². The Morgan fingerprint density at radius 3 is 2.43 bits per heavy atom. The van der Waals surface area contributed by atoms with Crippen molar-refractivity contribution in [3.8, 4) is 0 Å². The van der Waals surface area contributed by atoms with Crippen LogP contribution in [0, 0.1) is 0 Å². The van der Waals surface area contributed by atoms with Crippen LogP contribution in [0.4, 0.5) is 0 Å². The highest BCUT2D eigenvalue weighted by Crippen LogP contribution is 2.20. The molecule has 0 aliphatic rings. The zero-order valence-electron chi connectivity index (χ0n) is 14.0. The molecule has 1 aromatic heterocycles. The lowest BCUT2D eigenvalue weighted by molar-refractivity contribution is 0.0941. The summed E-state index contributed by atoms with van der Waals surface area (Å²) in [6, 6.07) is 8.38. The van der Waals surface area contributed by atoms with Crippen molar-refractivity contribution in [3.63, 3.8) is 0 Å². The molecule has 0 saturated heterocycles. The highest BCUT2D eigenvalue weighted by Gasteiger charge is 2.19. The molecule has 1 amide bonds. The molecule has 0 saturated carbocycles. The summed E-state index contributed by atoms with van der Waals surface area (Å²) in [5.74, 6) is -0.195. The van der Waals surface area contributed by atoms with Crippen LogP contribution in [0.15, 0.2) is 24.3 Å². The minimum absolute atomic E-state index is 0.195. The maximum Gasteiger partial charge on any atom is 0.271 e. The first-order valence-corrected chi connectivity index (χ1v) is 8.52. The van der Waals surface area contributed by atoms with Crippen LogP contribution in [0.5, 0.6) is 0 Å². The van der Waals surface area contributed by atoms with Crippen LogP contribution in [0.25, 0.3) is 0 Å². The summed E-state index contributed by atoms with van der Waals surface area (Å²) in [5.41, 5.74) is 3.58. The molecule has 124 valence electrons. The second kappa shape index (κ2) is 8.16. The topological polar surface area (TPSA) is 46.9 Å². The van der Waals surface area contributed by atoms with Crippen LogP contribution in [-0.2, 0) is 26.4 Å². The van der Waals surface area contributed by atoms with Gasteiger partial charge in [0.25, 0.3) is 5.91 Å². The average Bonchev–Trinajstić information content (AvgIpc) is 2.85. The summed E-state index contributed by atoms with van der Waals surface area (Å²) in [5, 5.41) is 7.63. The van der Waals surface area contributed by atoms with Gasteiger partial charge in [0.15, 0.2) is 0 Å². The fraction of sp³-hybridized carbons (Fsp3) is 0.444. The Bertz CT molecular complexity index is 662. The van der Waals surface area contributed by atoms with Crippen molar-refractivity contribution in [2.45, 2.75) is 46.1 Å². The summed E-state index contributed by atoms with van der Waals surface area (Å²) in [6.45, 7) is 4.64. The number of rotatable bonds is 7. The predicted octanol–water partition coefficient (Wildman–Crippen LogP) is 3.91. The van der Waals surface area contributed by atoms with Crippen molar-refractivity contribution in [2.24, 2.45) is 7.05 Å². The van der Waals surface area contributed by atoms with Gasteiger partial charge in [-0.1, -0.05) is 56.1 Å². The number of nitrogens with zero attached hydrogens (tertiary/aromatic N) is 2. The molecule has 1 N–H and O–H groups in total. The van der Waals surface area contributed by atoms with Crippen molar-refractivity contribution >= 4 is 17.5 Å². The number of unbranched alkanes of at least 4 members (excludes halogenated alkanes) is 1. The molecular weight excluding hydrogens is 310 g/mol. The van der Waals surface area contributed by atoms with Crippen LogP contribution < -0.4 is 5.32 Å². The van der Waals surface area contributed by atoms with Crippen LogP contribution in [-0.4, -0.2) is 15.7 Å². The van der Waals surface area contributed by atoms with Crippen molar-refractivity contribution < 1.29 is 4.79 Å². The lowest BCUT2D eigenvalue weighted by atomic mass is 10.1. The second-order valence-corrected chi connectivity index (χ2v) is 6.07. The Balaban J connectivity index is 1.98. The van der Waals surface area contributed by atoms with Crippen molar-refractivity contribution in [2.75, 3.05) is 0 Å². The molecule has 0 unspecified atom stereocenters. The van der Waals surface area contributed by atoms with E-state index < -0.39 is 0 Å². The largest absolute Gasteiger partial charge is 0.347 e. The lowest BCUT2D eigenvalue weighted by Crippen LogP contribution is -2.25. The smallest absolute Gasteiger partial charge is 0.271 e. The standard InChI is InChI=1S/C18H24ClN3O/c1-4-6-7-13-8-10-14(11-9-13)12-20-18(23)17-16(19)15(5-2)21-22(17)3/h8-11H,4-7,12H2,1-3H3,(H,20,23). The summed E-state index contributed by atoms with van der Waals surface area (Å²) in [6.07, 6.45) is 4.21. The maximum atomic E-state index is 12.3. The Morgan fingerprint density at radius 2 is 1.87 bits per heavy atom. The van der Waals surface area contributed by atoms with Gasteiger partial charge >= 0.3 is 0 Å². The highest BCUT2D eigenvalue weighted by atomic mass is 35.5. The van der Waals surface area contributed by atoms with Crippen molar-refractivity contribution in [3.05, 3.63) is 51.8 Å². The third-order valence-electron chi connectivity index (χ3n) is 3.90. The van der Waals surface area contributed by atoms with Crippen LogP contribution in [0.3, 0.4) is 0 Å². The number of carbonyl (C=O) groups is 1. The number of benzene rings is 1. The molecule has 0 bridgehead atoms. The third-order valence-corrected chi connectivity index (χ3v) is 4.30. The molecule has 23 heavy (non-hydrogen) atoms. The van der Waals surface area contributed by atoms with E-state index in [2.05, 4.69) is 41.6 Å². The molecule has 0 atom stereocenters. The van der Waals surface area contributed by atoms with Gasteiger partial charge in [0.05, 0.1) is 10.7 Å². The maximum absolute atomic E-state index is 12.3. The van der Waals surface area contributed by atoms with Gasteiger partial charge in [-0.15, -0.1) is 0 Å². The number of amides is 1. The Morgan fingerprint density at radius 1 is 1.22 bits per heavy atom. The SMILES string of the molecule is CCCCc1ccc(CNC(=O)c2c(Cl)c(CC)nn2C)cc1. The summed E-state index contributed by atoms with van der Waals surface area (Å²) in [4.78, 5) is 12.3. The van der Waals surface area contributed by atoms with Gasteiger partial charge < -0.3 is 5.32 Å². The molecule has 0 spiro atoms. The first-order valence-electron chi connectivity index (χ1n) is 8.14. The monoisotopic (exact) mass is 333 g/mol. The molecule has 2 rings (SSSR count). The van der Waals surface area contributed by atoms with E-state index in [1.54, 1.807) is 11.7 Å². The molecule has 0 aliphatic heterocycles. The number of hydrogen-bond acceptors (Lipinski definition) is 2. The molecule has 4 nitrogen and oxygen atoms in total. The average molecular weight is 334 g/mol. The molecule has 1 heterocycles. The zero-order chi connectivity index (χ0) is 16.8. The first-order chi connectivity index (χ1) is 11.1. The Hall–Kier alpha value is -1.81. The number of aryl methyl sites for hydroxylation is 3. The normalized spacial score (nSPS) is 10.8. The molecule has 0 fully saturated rings. The van der Waals surface area contributed by atoms with E-state index >= 15 is 0 Å². The number of carbonyl (C=O) groups excluding carboxylic acids is 1. The molecule has 0 aliphatic carbocycles. The summed E-state index contributed by atoms with van der Waals surface area (Å²) in [7, 11) is 1.74. The minimum Gasteiger partial charge on any atom is -0.347 e. The van der Waals surface area contributed by atoms with E-state index in [1.165, 1.54) is 18.4 Å². The van der Waals surface area contributed by atoms with E-state index in [9.17, 15) is 4.79 Å². The minimum atomic E-state index is -0.195. The molecule has 1 aromatic carbocycles. The van der Waals surface area contributed by atoms with E-state index in [-0.39, 0.29) is 5.91 Å². The Kier molecular flexibility index (Phi) is 6.22. The molecule has 5 heteroatoms. The number of nitrogens with one attached hydrogen (secondary N) is 1. The fourth-order valence-corrected chi connectivity index (χ4v) is 2.88. The van der Waals surface area contributed by atoms with Crippen LogP contribution in [0.2, 0.25) is 5.02 Å². The fourth-order valence-electron chi connectivity index (χ4n) is 2.50. The lowest BCUT2D eigenvalue weighted by Gasteiger charge is -2.07. The van der Waals surface area contributed by atoms with Gasteiger partial charge in [0.1, 0.15) is 5.69 Å². The quantitative estimate of drug-likeness (QED) is 0.835. The molecule has 2 aromatic rings. The summed E-state index contributed by atoms with van der Waals surface area (Å²) < 4.78 is 1.55. The Labute approximate surface area is 142 Å². The second-order valence-electron chi connectivity index (χ2n) is 5.69. The van der Waals surface area contributed by atoms with E-state index in [0.717, 1.165) is 17.7 Å². The van der Waals surface area contributed by atoms with Crippen LogP contribution in [0.1, 0.15) is 54.0 Å². The van der Waals surface area contributed by atoms with Gasteiger partial charge in [0.2, 0.25) is 0 Å². The number of hydrogen-bond donors (Lipinski definition) is 1. The first kappa shape index (κ1) is 17.5. The van der Waals surface area contributed by atoms with E-state index in [0.29, 0.717) is 23.7 Å². The van der Waals surface area contributed by atoms with Crippen LogP contribution >= 0.6 is 11.6 Å². The molecular formula is C18H24ClN3O. The zero-order valence-corrected chi connectivity index (χ0v) is 14.8. The predicted molar refractivity (Wildman–Crippen MR) is 93.8 cm³/mol. The van der Waals surface area contributed by atoms with Gasteiger partial charge in [-0.05, 0) is 30.4 Å². The number of halogens is 1. The molecule has 0 radical (unpaired) electrons. The van der Waals surface area contributed by atoms with E-state index in [4.69, 9.17) is 11.6 Å². The van der Waals surface area contributed by atoms with Gasteiger partial charge in [-0.2, -0.15) is 5.10 Å². The van der Waals surface area contributed by atoms with Crippen molar-refractivity contribution in [1.82, 2.24) is 15.1 Å². The van der Waals surface area contributed by atoms with Crippen molar-refractivity contribution in [1.29, 1.82) is 0 Å². The van der Waals surface area contributed by atoms with E-state index in [1.807, 2.05) is 6.92 Å².